The van der Waals surface area contributed by atoms with Crippen LogP contribution in [0.25, 0.3) is 10.4 Å². The van der Waals surface area contributed by atoms with Crippen LogP contribution < -0.4 is 11.5 Å². The number of hydrogen-bond donors (Lipinski definition) is 2. The maximum absolute atomic E-state index is 11.5. The Morgan fingerprint density at radius 2 is 2.32 bits per heavy atom. The fraction of sp³-hybridized carbons (Fsp3) is 0.385. The van der Waals surface area contributed by atoms with Crippen molar-refractivity contribution in [2.24, 2.45) is 5.73 Å². The number of nitrogens with two attached hydrogens (primary N) is 2. The molecule has 4 N–H and O–H groups in total. The summed E-state index contributed by atoms with van der Waals surface area (Å²) in [6, 6.07) is 0. The number of fused-ring (bicyclic) bond motifs is 3. The summed E-state index contributed by atoms with van der Waals surface area (Å²) in [4.78, 5) is 12.6. The molecular weight excluding hydrogens is 260 g/mol. The van der Waals surface area contributed by atoms with E-state index in [9.17, 15) is 4.79 Å². The molecule has 3 rings (SSSR count). The van der Waals surface area contributed by atoms with Gasteiger partial charge in [0, 0.05) is 23.2 Å². The molecule has 100 valence electrons. The molecule has 2 heterocycles. The van der Waals surface area contributed by atoms with Gasteiger partial charge in [-0.15, -0.1) is 11.3 Å². The second kappa shape index (κ2) is 4.38. The highest BCUT2D eigenvalue weighted by atomic mass is 32.1. The summed E-state index contributed by atoms with van der Waals surface area (Å²) in [6.45, 7) is 3.03. The van der Waals surface area contributed by atoms with Crippen molar-refractivity contribution in [2.75, 3.05) is 5.73 Å². The first-order chi connectivity index (χ1) is 9.11. The Balaban J connectivity index is 2.14. The molecule has 0 spiro atoms. The molecule has 0 saturated carbocycles. The summed E-state index contributed by atoms with van der Waals surface area (Å²) in [5.41, 5.74) is 15.1. The predicted molar refractivity (Wildman–Crippen MR) is 76.2 cm³/mol. The molecule has 0 saturated heterocycles. The van der Waals surface area contributed by atoms with E-state index < -0.39 is 5.91 Å². The van der Waals surface area contributed by atoms with Crippen molar-refractivity contribution in [3.8, 4) is 10.4 Å². The SMILES string of the molecule is CCCn1cc2c(n1)CCc1c-2sc(N)c1C(N)=O. The zero-order valence-electron chi connectivity index (χ0n) is 10.8. The first-order valence-corrected chi connectivity index (χ1v) is 7.21. The fourth-order valence-corrected chi connectivity index (χ4v) is 3.79. The lowest BCUT2D eigenvalue weighted by Gasteiger charge is -2.11. The molecule has 0 aromatic carbocycles. The molecule has 0 unspecified atom stereocenters. The van der Waals surface area contributed by atoms with E-state index in [0.29, 0.717) is 10.6 Å². The molecule has 0 radical (unpaired) electrons. The van der Waals surface area contributed by atoms with Crippen LogP contribution in [-0.2, 0) is 19.4 Å². The van der Waals surface area contributed by atoms with Crippen LogP contribution >= 0.6 is 11.3 Å². The fourth-order valence-electron chi connectivity index (χ4n) is 2.63. The zero-order chi connectivity index (χ0) is 13.6. The quantitative estimate of drug-likeness (QED) is 0.896. The number of primary amides is 1. The highest BCUT2D eigenvalue weighted by Gasteiger charge is 2.27. The highest BCUT2D eigenvalue weighted by molar-refractivity contribution is 7.20. The van der Waals surface area contributed by atoms with Crippen molar-refractivity contribution in [1.82, 2.24) is 9.78 Å². The number of carbonyl (C=O) groups is 1. The van der Waals surface area contributed by atoms with Gasteiger partial charge in [-0.25, -0.2) is 0 Å². The molecule has 2 aromatic rings. The molecule has 1 aliphatic rings. The molecule has 2 aromatic heterocycles. The number of aromatic nitrogens is 2. The number of hydrogen-bond acceptors (Lipinski definition) is 4. The van der Waals surface area contributed by atoms with Crippen molar-refractivity contribution in [3.05, 3.63) is 23.0 Å². The van der Waals surface area contributed by atoms with Gasteiger partial charge < -0.3 is 11.5 Å². The third-order valence-electron chi connectivity index (χ3n) is 3.43. The highest BCUT2D eigenvalue weighted by Crippen LogP contribution is 2.43. The first kappa shape index (κ1) is 12.2. The first-order valence-electron chi connectivity index (χ1n) is 6.39. The average Bonchev–Trinajstić information content (AvgIpc) is 2.88. The number of aryl methyl sites for hydroxylation is 2. The van der Waals surface area contributed by atoms with Crippen LogP contribution in [0.3, 0.4) is 0 Å². The van der Waals surface area contributed by atoms with Gasteiger partial charge in [0.25, 0.3) is 5.91 Å². The minimum absolute atomic E-state index is 0.431. The van der Waals surface area contributed by atoms with Crippen molar-refractivity contribution in [1.29, 1.82) is 0 Å². The molecule has 0 atom stereocenters. The van der Waals surface area contributed by atoms with Gasteiger partial charge in [0.05, 0.1) is 16.3 Å². The van der Waals surface area contributed by atoms with E-state index >= 15 is 0 Å². The summed E-state index contributed by atoms with van der Waals surface area (Å²) < 4.78 is 1.97. The lowest BCUT2D eigenvalue weighted by molar-refractivity contribution is 0.100. The third-order valence-corrected chi connectivity index (χ3v) is 4.52. The maximum atomic E-state index is 11.5. The maximum Gasteiger partial charge on any atom is 0.251 e. The topological polar surface area (TPSA) is 86.9 Å². The molecule has 6 heteroatoms. The summed E-state index contributed by atoms with van der Waals surface area (Å²) in [6.07, 6.45) is 4.73. The van der Waals surface area contributed by atoms with E-state index in [2.05, 4.69) is 18.2 Å². The summed E-state index contributed by atoms with van der Waals surface area (Å²) in [5.74, 6) is -0.431. The van der Waals surface area contributed by atoms with Gasteiger partial charge in [-0.3, -0.25) is 9.48 Å². The van der Waals surface area contributed by atoms with Crippen molar-refractivity contribution >= 4 is 22.2 Å². The van der Waals surface area contributed by atoms with Crippen LogP contribution in [0.2, 0.25) is 0 Å². The molecule has 0 bridgehead atoms. The Labute approximate surface area is 115 Å². The van der Waals surface area contributed by atoms with Crippen LogP contribution in [0.1, 0.15) is 35.0 Å². The van der Waals surface area contributed by atoms with Crippen LogP contribution in [0.4, 0.5) is 5.00 Å². The summed E-state index contributed by atoms with van der Waals surface area (Å²) in [7, 11) is 0. The molecule has 19 heavy (non-hydrogen) atoms. The average molecular weight is 276 g/mol. The molecule has 0 fully saturated rings. The Morgan fingerprint density at radius 3 is 3.00 bits per heavy atom. The minimum Gasteiger partial charge on any atom is -0.390 e. The predicted octanol–water partition coefficient (Wildman–Crippen LogP) is 1.80. The Bertz CT molecular complexity index is 656. The van der Waals surface area contributed by atoms with Gasteiger partial charge in [0.2, 0.25) is 0 Å². The van der Waals surface area contributed by atoms with E-state index in [1.165, 1.54) is 11.3 Å². The van der Waals surface area contributed by atoms with Crippen molar-refractivity contribution < 1.29 is 4.79 Å². The lowest BCUT2D eigenvalue weighted by Crippen LogP contribution is -2.15. The standard InChI is InChI=1S/C13H16N4OS/c1-2-5-17-6-8-9(16-17)4-3-7-10(12(14)18)13(15)19-11(7)8/h6H,2-5,15H2,1H3,(H2,14,18). The van der Waals surface area contributed by atoms with Gasteiger partial charge in [0.1, 0.15) is 0 Å². The number of thiophene rings is 1. The van der Waals surface area contributed by atoms with Crippen molar-refractivity contribution in [3.63, 3.8) is 0 Å². The van der Waals surface area contributed by atoms with Crippen LogP contribution in [0, 0.1) is 0 Å². The van der Waals surface area contributed by atoms with Gasteiger partial charge in [-0.05, 0) is 24.8 Å². The largest absolute Gasteiger partial charge is 0.390 e. The molecule has 0 aliphatic heterocycles. The van der Waals surface area contributed by atoms with Crippen LogP contribution in [0.15, 0.2) is 6.20 Å². The minimum atomic E-state index is -0.431. The number of nitrogen functional groups attached to an aromatic ring is 1. The smallest absolute Gasteiger partial charge is 0.251 e. The number of amides is 1. The number of carbonyl (C=O) groups excluding carboxylic acids is 1. The van der Waals surface area contributed by atoms with E-state index in [1.54, 1.807) is 0 Å². The lowest BCUT2D eigenvalue weighted by atomic mass is 9.94. The molecule has 1 aliphatic carbocycles. The second-order valence-corrected chi connectivity index (χ2v) is 5.82. The Hall–Kier alpha value is -1.82. The third kappa shape index (κ3) is 1.83. The monoisotopic (exact) mass is 276 g/mol. The van der Waals surface area contributed by atoms with Crippen molar-refractivity contribution in [2.45, 2.75) is 32.7 Å². The normalized spacial score (nSPS) is 13.1. The number of nitrogens with zero attached hydrogens (tertiary/aromatic N) is 2. The van der Waals surface area contributed by atoms with Gasteiger partial charge >= 0.3 is 0 Å². The van der Waals surface area contributed by atoms with E-state index in [1.807, 2.05) is 4.68 Å². The van der Waals surface area contributed by atoms with Crippen LogP contribution in [-0.4, -0.2) is 15.7 Å². The van der Waals surface area contributed by atoms with E-state index in [0.717, 1.165) is 47.5 Å². The summed E-state index contributed by atoms with van der Waals surface area (Å²) >= 11 is 1.44. The van der Waals surface area contributed by atoms with E-state index in [-0.39, 0.29) is 0 Å². The molecular formula is C13H16N4OS. The van der Waals surface area contributed by atoms with Gasteiger partial charge in [0.15, 0.2) is 0 Å². The van der Waals surface area contributed by atoms with Gasteiger partial charge in [-0.1, -0.05) is 6.92 Å². The van der Waals surface area contributed by atoms with Crippen LogP contribution in [0.5, 0.6) is 0 Å². The second-order valence-electron chi connectivity index (χ2n) is 4.77. The molecule has 5 nitrogen and oxygen atoms in total. The van der Waals surface area contributed by atoms with E-state index in [4.69, 9.17) is 11.5 Å². The number of rotatable bonds is 3. The number of anilines is 1. The zero-order valence-corrected chi connectivity index (χ0v) is 11.6. The Morgan fingerprint density at radius 1 is 1.53 bits per heavy atom. The molecule has 1 amide bonds. The summed E-state index contributed by atoms with van der Waals surface area (Å²) in [5, 5.41) is 5.11. The van der Waals surface area contributed by atoms with Gasteiger partial charge in [-0.2, -0.15) is 5.10 Å². The Kier molecular flexibility index (Phi) is 2.82.